The van der Waals surface area contributed by atoms with Gasteiger partial charge in [-0.05, 0) is 24.3 Å². The van der Waals surface area contributed by atoms with E-state index in [0.29, 0.717) is 17.9 Å². The molecule has 1 amide bonds. The van der Waals surface area contributed by atoms with Crippen LogP contribution in [0.4, 0.5) is 0 Å². The molecular weight excluding hydrogens is 318 g/mol. The van der Waals surface area contributed by atoms with E-state index in [-0.39, 0.29) is 5.91 Å². The Hall–Kier alpha value is -3.55. The standard InChI is InChI=1S/C17H15N7O/c1-23(9-15-21-13-4-2-3-5-14(13)22-15)17(25)12-6-7-19-16(8-12)24-11-18-10-20-24/h2-8,10-11H,9H2,1H3,(H,21,22). The van der Waals surface area contributed by atoms with Crippen LogP contribution in [0.1, 0.15) is 16.2 Å². The van der Waals surface area contributed by atoms with Crippen LogP contribution in [0.15, 0.2) is 55.2 Å². The minimum atomic E-state index is -0.121. The van der Waals surface area contributed by atoms with E-state index < -0.39 is 0 Å². The molecule has 8 heteroatoms. The average molecular weight is 333 g/mol. The molecule has 0 fully saturated rings. The molecule has 0 atom stereocenters. The number of nitrogens with one attached hydrogen (secondary N) is 1. The number of hydrogen-bond acceptors (Lipinski definition) is 5. The molecule has 0 radical (unpaired) electrons. The molecule has 3 aromatic heterocycles. The number of hydrogen-bond donors (Lipinski definition) is 1. The van der Waals surface area contributed by atoms with Crippen molar-refractivity contribution < 1.29 is 4.79 Å². The molecule has 3 heterocycles. The Morgan fingerprint density at radius 3 is 2.96 bits per heavy atom. The quantitative estimate of drug-likeness (QED) is 0.615. The molecule has 25 heavy (non-hydrogen) atoms. The monoisotopic (exact) mass is 333 g/mol. The lowest BCUT2D eigenvalue weighted by Gasteiger charge is -2.16. The van der Waals surface area contributed by atoms with Crippen molar-refractivity contribution in [2.75, 3.05) is 7.05 Å². The van der Waals surface area contributed by atoms with Crippen LogP contribution < -0.4 is 0 Å². The Labute approximate surface area is 143 Å². The van der Waals surface area contributed by atoms with Crippen LogP contribution in [0.3, 0.4) is 0 Å². The van der Waals surface area contributed by atoms with E-state index in [4.69, 9.17) is 0 Å². The van der Waals surface area contributed by atoms with Crippen LogP contribution in [0, 0.1) is 0 Å². The molecule has 0 saturated heterocycles. The van der Waals surface area contributed by atoms with Crippen LogP contribution in [0.2, 0.25) is 0 Å². The van der Waals surface area contributed by atoms with Crippen molar-refractivity contribution in [2.45, 2.75) is 6.54 Å². The Morgan fingerprint density at radius 1 is 1.28 bits per heavy atom. The number of amides is 1. The molecule has 0 aliphatic carbocycles. The van der Waals surface area contributed by atoms with E-state index in [1.54, 1.807) is 30.3 Å². The van der Waals surface area contributed by atoms with Gasteiger partial charge in [0, 0.05) is 18.8 Å². The first-order valence-electron chi connectivity index (χ1n) is 7.71. The summed E-state index contributed by atoms with van der Waals surface area (Å²) in [4.78, 5) is 30.1. The van der Waals surface area contributed by atoms with Crippen molar-refractivity contribution in [3.8, 4) is 5.82 Å². The second-order valence-electron chi connectivity index (χ2n) is 5.60. The maximum atomic E-state index is 12.7. The molecule has 0 aliphatic heterocycles. The van der Waals surface area contributed by atoms with Crippen molar-refractivity contribution in [1.82, 2.24) is 34.6 Å². The summed E-state index contributed by atoms with van der Waals surface area (Å²) in [5.41, 5.74) is 2.37. The maximum Gasteiger partial charge on any atom is 0.254 e. The molecule has 1 N–H and O–H groups in total. The SMILES string of the molecule is CN(Cc1nc2ccccc2[nH]1)C(=O)c1ccnc(-n2cncn2)c1. The van der Waals surface area contributed by atoms with Gasteiger partial charge in [-0.3, -0.25) is 4.79 Å². The summed E-state index contributed by atoms with van der Waals surface area (Å²) < 4.78 is 1.51. The summed E-state index contributed by atoms with van der Waals surface area (Å²) >= 11 is 0. The highest BCUT2D eigenvalue weighted by molar-refractivity contribution is 5.94. The van der Waals surface area contributed by atoms with Gasteiger partial charge < -0.3 is 9.88 Å². The Balaban J connectivity index is 1.55. The molecule has 4 aromatic rings. The van der Waals surface area contributed by atoms with Gasteiger partial charge in [0.1, 0.15) is 18.5 Å². The lowest BCUT2D eigenvalue weighted by Crippen LogP contribution is -2.27. The molecule has 0 bridgehead atoms. The second kappa shape index (κ2) is 6.16. The highest BCUT2D eigenvalue weighted by atomic mass is 16.2. The Kier molecular flexibility index (Phi) is 3.70. The van der Waals surface area contributed by atoms with Gasteiger partial charge in [0.2, 0.25) is 0 Å². The van der Waals surface area contributed by atoms with Crippen molar-refractivity contribution >= 4 is 16.9 Å². The average Bonchev–Trinajstić information content (AvgIpc) is 3.30. The number of pyridine rings is 1. The van der Waals surface area contributed by atoms with E-state index in [1.165, 1.54) is 17.3 Å². The summed E-state index contributed by atoms with van der Waals surface area (Å²) in [5, 5.41) is 4.03. The number of rotatable bonds is 4. The van der Waals surface area contributed by atoms with Gasteiger partial charge in [0.25, 0.3) is 5.91 Å². The maximum absolute atomic E-state index is 12.7. The van der Waals surface area contributed by atoms with Crippen LogP contribution in [0.5, 0.6) is 0 Å². The van der Waals surface area contributed by atoms with Crippen molar-refractivity contribution in [3.63, 3.8) is 0 Å². The predicted octanol–water partition coefficient (Wildman–Crippen LogP) is 1.81. The number of para-hydroxylation sites is 2. The number of nitrogens with zero attached hydrogens (tertiary/aromatic N) is 6. The summed E-state index contributed by atoms with van der Waals surface area (Å²) in [6, 6.07) is 11.1. The fraction of sp³-hybridized carbons (Fsp3) is 0.118. The van der Waals surface area contributed by atoms with Crippen molar-refractivity contribution in [2.24, 2.45) is 0 Å². The number of H-pyrrole nitrogens is 1. The first kappa shape index (κ1) is 15.0. The third kappa shape index (κ3) is 2.97. The van der Waals surface area contributed by atoms with Crippen LogP contribution >= 0.6 is 0 Å². The van der Waals surface area contributed by atoms with Crippen molar-refractivity contribution in [1.29, 1.82) is 0 Å². The fourth-order valence-electron chi connectivity index (χ4n) is 2.60. The molecule has 0 saturated carbocycles. The number of carbonyl (C=O) groups is 1. The smallest absolute Gasteiger partial charge is 0.254 e. The number of carbonyl (C=O) groups excluding carboxylic acids is 1. The Morgan fingerprint density at radius 2 is 2.16 bits per heavy atom. The molecular formula is C17H15N7O. The lowest BCUT2D eigenvalue weighted by atomic mass is 10.2. The van der Waals surface area contributed by atoms with E-state index in [0.717, 1.165) is 16.9 Å². The van der Waals surface area contributed by atoms with Gasteiger partial charge >= 0.3 is 0 Å². The molecule has 1 aromatic carbocycles. The second-order valence-corrected chi connectivity index (χ2v) is 5.60. The summed E-state index contributed by atoms with van der Waals surface area (Å²) in [6.07, 6.45) is 4.54. The predicted molar refractivity (Wildman–Crippen MR) is 91.0 cm³/mol. The minimum absolute atomic E-state index is 0.121. The topological polar surface area (TPSA) is 92.6 Å². The van der Waals surface area contributed by atoms with E-state index in [2.05, 4.69) is 25.0 Å². The van der Waals surface area contributed by atoms with Gasteiger partial charge in [-0.25, -0.2) is 19.6 Å². The van der Waals surface area contributed by atoms with Gasteiger partial charge in [-0.15, -0.1) is 0 Å². The van der Waals surface area contributed by atoms with Crippen molar-refractivity contribution in [3.05, 3.63) is 66.6 Å². The van der Waals surface area contributed by atoms with E-state index in [9.17, 15) is 4.79 Å². The molecule has 0 unspecified atom stereocenters. The number of fused-ring (bicyclic) bond motifs is 1. The highest BCUT2D eigenvalue weighted by Gasteiger charge is 2.15. The van der Waals surface area contributed by atoms with Gasteiger partial charge in [0.05, 0.1) is 17.6 Å². The van der Waals surface area contributed by atoms with Crippen LogP contribution in [0.25, 0.3) is 16.9 Å². The Bertz CT molecular complexity index is 989. The van der Waals surface area contributed by atoms with Crippen LogP contribution in [-0.4, -0.2) is 47.6 Å². The third-order valence-corrected chi connectivity index (χ3v) is 3.82. The number of aromatic nitrogens is 6. The van der Waals surface area contributed by atoms with E-state index >= 15 is 0 Å². The molecule has 0 aliphatic rings. The minimum Gasteiger partial charge on any atom is -0.340 e. The number of aromatic amines is 1. The fourth-order valence-corrected chi connectivity index (χ4v) is 2.60. The van der Waals surface area contributed by atoms with Gasteiger partial charge in [-0.2, -0.15) is 5.10 Å². The zero-order valence-corrected chi connectivity index (χ0v) is 13.5. The number of imidazole rings is 1. The first-order valence-corrected chi connectivity index (χ1v) is 7.71. The third-order valence-electron chi connectivity index (χ3n) is 3.82. The summed E-state index contributed by atoms with van der Waals surface area (Å²) in [6.45, 7) is 0.383. The van der Waals surface area contributed by atoms with E-state index in [1.807, 2.05) is 24.3 Å². The number of benzene rings is 1. The summed E-state index contributed by atoms with van der Waals surface area (Å²) in [7, 11) is 1.74. The largest absolute Gasteiger partial charge is 0.340 e. The summed E-state index contributed by atoms with van der Waals surface area (Å²) in [5.74, 6) is 1.16. The molecule has 124 valence electrons. The first-order chi connectivity index (χ1) is 12.2. The molecule has 0 spiro atoms. The molecule has 4 rings (SSSR count). The highest BCUT2D eigenvalue weighted by Crippen LogP contribution is 2.13. The normalized spacial score (nSPS) is 10.9. The lowest BCUT2D eigenvalue weighted by molar-refractivity contribution is 0.0782. The molecule has 8 nitrogen and oxygen atoms in total. The van der Waals surface area contributed by atoms with Gasteiger partial charge in [0.15, 0.2) is 5.82 Å². The van der Waals surface area contributed by atoms with Gasteiger partial charge in [-0.1, -0.05) is 12.1 Å². The van der Waals surface area contributed by atoms with Crippen LogP contribution in [-0.2, 0) is 6.54 Å². The zero-order valence-electron chi connectivity index (χ0n) is 13.5. The zero-order chi connectivity index (χ0) is 17.2.